The highest BCUT2D eigenvalue weighted by Crippen LogP contribution is 2.03. The summed E-state index contributed by atoms with van der Waals surface area (Å²) < 4.78 is 0. The Balaban J connectivity index is 4.02. The molecule has 0 aliphatic rings. The first-order chi connectivity index (χ1) is 5.93. The minimum Gasteiger partial charge on any atom is -0.345 e. The van der Waals surface area contributed by atoms with E-state index in [1.165, 1.54) is 6.92 Å². The molecule has 1 amide bonds. The van der Waals surface area contributed by atoms with E-state index in [-0.39, 0.29) is 18.7 Å². The fourth-order valence-electron chi connectivity index (χ4n) is 0.746. The minimum absolute atomic E-state index is 0.00492. The van der Waals surface area contributed by atoms with Gasteiger partial charge in [-0.1, -0.05) is 0 Å². The molecule has 0 heterocycles. The summed E-state index contributed by atoms with van der Waals surface area (Å²) in [7, 11) is 0. The quantitative estimate of drug-likeness (QED) is 0.705. The van der Waals surface area contributed by atoms with E-state index in [0.717, 1.165) is 0 Å². The first kappa shape index (κ1) is 12.4. The summed E-state index contributed by atoms with van der Waals surface area (Å²) in [5, 5.41) is 1.04. The molecule has 0 radical (unpaired) electrons. The molecule has 0 saturated carbocycles. The molecule has 0 aromatic heterocycles. The Bertz CT molecular complexity index is 230. The lowest BCUT2D eigenvalue weighted by Gasteiger charge is -2.11. The Hall–Kier alpha value is -0.610. The van der Waals surface area contributed by atoms with E-state index in [0.29, 0.717) is 0 Å². The van der Waals surface area contributed by atoms with Crippen molar-refractivity contribution in [2.24, 2.45) is 0 Å². The number of nitrogens with one attached hydrogen (secondary N) is 1. The van der Waals surface area contributed by atoms with Crippen molar-refractivity contribution in [3.05, 3.63) is 0 Å². The first-order valence-corrected chi connectivity index (χ1v) is 4.34. The lowest BCUT2D eigenvalue weighted by molar-refractivity contribution is -0.123. The number of amides is 1. The Morgan fingerprint density at radius 2 is 1.85 bits per heavy atom. The van der Waals surface area contributed by atoms with E-state index in [1.807, 2.05) is 0 Å². The highest BCUT2D eigenvalue weighted by Gasteiger charge is 2.17. The number of halogens is 2. The molecule has 0 aromatic carbocycles. The summed E-state index contributed by atoms with van der Waals surface area (Å²) in [6.45, 7) is 1.26. The molecule has 0 fully saturated rings. The maximum Gasteiger partial charge on any atom is 0.244 e. The van der Waals surface area contributed by atoms with Gasteiger partial charge in [0.05, 0.1) is 0 Å². The van der Waals surface area contributed by atoms with E-state index in [1.54, 1.807) is 0 Å². The second kappa shape index (κ2) is 5.94. The third-order valence-corrected chi connectivity index (χ3v) is 1.73. The molecule has 13 heavy (non-hydrogen) atoms. The predicted octanol–water partition coefficient (Wildman–Crippen LogP) is 0.802. The van der Waals surface area contributed by atoms with Gasteiger partial charge in [0.2, 0.25) is 16.4 Å². The molecule has 1 atom stereocenters. The van der Waals surface area contributed by atoms with Crippen molar-refractivity contribution in [3.8, 4) is 0 Å². The zero-order valence-corrected chi connectivity index (χ0v) is 8.48. The third kappa shape index (κ3) is 6.54. The lowest BCUT2D eigenvalue weighted by atomic mass is 10.2. The van der Waals surface area contributed by atoms with Gasteiger partial charge in [-0.05, 0) is 29.6 Å². The molecule has 0 spiro atoms. The van der Waals surface area contributed by atoms with Crippen LogP contribution in [0.4, 0.5) is 0 Å². The van der Waals surface area contributed by atoms with E-state index in [9.17, 15) is 14.4 Å². The van der Waals surface area contributed by atoms with Crippen LogP contribution in [-0.2, 0) is 14.4 Å². The molecule has 0 bridgehead atoms. The van der Waals surface area contributed by atoms with Gasteiger partial charge in [0, 0.05) is 13.3 Å². The van der Waals surface area contributed by atoms with Crippen LogP contribution in [0.5, 0.6) is 0 Å². The summed E-state index contributed by atoms with van der Waals surface area (Å²) in [6.07, 6.45) is 0.134. The fraction of sp³-hybridized carbons (Fsp3) is 0.571. The van der Waals surface area contributed by atoms with Crippen molar-refractivity contribution in [2.45, 2.75) is 25.8 Å². The van der Waals surface area contributed by atoms with Gasteiger partial charge < -0.3 is 5.32 Å². The van der Waals surface area contributed by atoms with Gasteiger partial charge in [0.1, 0.15) is 6.04 Å². The second-order valence-corrected chi connectivity index (χ2v) is 3.25. The largest absolute Gasteiger partial charge is 0.345 e. The molecule has 0 saturated heterocycles. The number of carbonyl (C=O) groups excluding carboxylic acids is 3. The molecule has 6 heteroatoms. The highest BCUT2D eigenvalue weighted by molar-refractivity contribution is 6.65. The van der Waals surface area contributed by atoms with Crippen LogP contribution >= 0.6 is 23.2 Å². The average Bonchev–Trinajstić information content (AvgIpc) is 1.96. The van der Waals surface area contributed by atoms with Crippen LogP contribution in [0.15, 0.2) is 0 Å². The SMILES string of the molecule is CC(=O)N[C@@H](CCC(=O)Cl)C(=O)Cl. The van der Waals surface area contributed by atoms with Gasteiger partial charge in [0.25, 0.3) is 0 Å². The van der Waals surface area contributed by atoms with Crippen LogP contribution in [0, 0.1) is 0 Å². The van der Waals surface area contributed by atoms with Gasteiger partial charge in [-0.3, -0.25) is 14.4 Å². The number of hydrogen-bond donors (Lipinski definition) is 1. The molecule has 0 aromatic rings. The summed E-state index contributed by atoms with van der Waals surface area (Å²) in [5.74, 6) is -0.374. The summed E-state index contributed by atoms with van der Waals surface area (Å²) >= 11 is 10.2. The van der Waals surface area contributed by atoms with Crippen molar-refractivity contribution >= 4 is 39.6 Å². The summed E-state index contributed by atoms with van der Waals surface area (Å²) in [4.78, 5) is 31.6. The van der Waals surface area contributed by atoms with Crippen LogP contribution in [0.1, 0.15) is 19.8 Å². The van der Waals surface area contributed by atoms with Crippen molar-refractivity contribution in [1.82, 2.24) is 5.32 Å². The van der Waals surface area contributed by atoms with Gasteiger partial charge in [-0.15, -0.1) is 0 Å². The molecule has 0 aliphatic carbocycles. The number of hydrogen-bond acceptors (Lipinski definition) is 3. The Kier molecular flexibility index (Phi) is 5.66. The summed E-state index contributed by atoms with van der Waals surface area (Å²) in [5.41, 5.74) is 0. The Labute approximate surface area is 85.6 Å². The molecule has 1 N–H and O–H groups in total. The van der Waals surface area contributed by atoms with E-state index < -0.39 is 16.5 Å². The Morgan fingerprint density at radius 1 is 1.31 bits per heavy atom. The molecular weight excluding hydrogens is 217 g/mol. The van der Waals surface area contributed by atoms with Gasteiger partial charge in [-0.2, -0.15) is 0 Å². The van der Waals surface area contributed by atoms with Crippen LogP contribution in [-0.4, -0.2) is 22.4 Å². The Morgan fingerprint density at radius 3 is 2.15 bits per heavy atom. The molecule has 4 nitrogen and oxygen atoms in total. The van der Waals surface area contributed by atoms with Crippen LogP contribution in [0.2, 0.25) is 0 Å². The van der Waals surface area contributed by atoms with E-state index >= 15 is 0 Å². The van der Waals surface area contributed by atoms with Gasteiger partial charge >= 0.3 is 0 Å². The first-order valence-electron chi connectivity index (χ1n) is 3.58. The van der Waals surface area contributed by atoms with E-state index in [2.05, 4.69) is 5.32 Å². The average molecular weight is 226 g/mol. The van der Waals surface area contributed by atoms with Crippen LogP contribution in [0.3, 0.4) is 0 Å². The normalized spacial score (nSPS) is 11.9. The predicted molar refractivity (Wildman–Crippen MR) is 48.6 cm³/mol. The lowest BCUT2D eigenvalue weighted by Crippen LogP contribution is -2.37. The molecule has 0 aliphatic heterocycles. The monoisotopic (exact) mass is 225 g/mol. The zero-order chi connectivity index (χ0) is 10.4. The molecule has 0 unspecified atom stereocenters. The maximum atomic E-state index is 10.7. The minimum atomic E-state index is -0.832. The topological polar surface area (TPSA) is 63.2 Å². The van der Waals surface area contributed by atoms with Gasteiger partial charge in [-0.25, -0.2) is 0 Å². The molecular formula is C7H9Cl2NO3. The number of rotatable bonds is 5. The van der Waals surface area contributed by atoms with Crippen molar-refractivity contribution in [3.63, 3.8) is 0 Å². The number of carbonyl (C=O) groups is 3. The van der Waals surface area contributed by atoms with Crippen molar-refractivity contribution in [2.75, 3.05) is 0 Å². The smallest absolute Gasteiger partial charge is 0.244 e. The second-order valence-electron chi connectivity index (χ2n) is 2.45. The third-order valence-electron chi connectivity index (χ3n) is 1.28. The zero-order valence-electron chi connectivity index (χ0n) is 6.97. The molecule has 0 rings (SSSR count). The summed E-state index contributed by atoms with van der Waals surface area (Å²) in [6, 6.07) is -0.832. The van der Waals surface area contributed by atoms with Crippen LogP contribution in [0.25, 0.3) is 0 Å². The van der Waals surface area contributed by atoms with Crippen molar-refractivity contribution < 1.29 is 14.4 Å². The maximum absolute atomic E-state index is 10.7. The van der Waals surface area contributed by atoms with E-state index in [4.69, 9.17) is 23.2 Å². The van der Waals surface area contributed by atoms with Gasteiger partial charge in [0.15, 0.2) is 0 Å². The standard InChI is InChI=1S/C7H9Cl2NO3/c1-4(11)10-5(7(9)13)2-3-6(8)12/h5H,2-3H2,1H3,(H,10,11)/t5-/m0/s1. The van der Waals surface area contributed by atoms with Crippen molar-refractivity contribution in [1.29, 1.82) is 0 Å². The van der Waals surface area contributed by atoms with Crippen LogP contribution < -0.4 is 5.32 Å². The fourth-order valence-corrected chi connectivity index (χ4v) is 1.02. The molecule has 74 valence electrons. The highest BCUT2D eigenvalue weighted by atomic mass is 35.5.